The monoisotopic (exact) mass is 258 g/mol. The average Bonchev–Trinajstić information content (AvgIpc) is 2.86. The van der Waals surface area contributed by atoms with Crippen LogP contribution in [-0.2, 0) is 6.54 Å². The zero-order chi connectivity index (χ0) is 13.7. The maximum absolute atomic E-state index is 9.06. The second kappa shape index (κ2) is 6.65. The van der Waals surface area contributed by atoms with Crippen molar-refractivity contribution < 1.29 is 0 Å². The van der Waals surface area contributed by atoms with Crippen LogP contribution in [0.2, 0.25) is 0 Å². The summed E-state index contributed by atoms with van der Waals surface area (Å²) in [5.74, 6) is 0. The number of likely N-dealkylation sites (tertiary alicyclic amines) is 1. The predicted octanol–water partition coefficient (Wildman–Crippen LogP) is 1.87. The van der Waals surface area contributed by atoms with Gasteiger partial charge in [-0.2, -0.15) is 5.26 Å². The summed E-state index contributed by atoms with van der Waals surface area (Å²) in [6.07, 6.45) is 4.27. The van der Waals surface area contributed by atoms with Gasteiger partial charge in [0.15, 0.2) is 0 Å². The Hall–Kier alpha value is -1.44. The van der Waals surface area contributed by atoms with Gasteiger partial charge in [-0.1, -0.05) is 13.0 Å². The Morgan fingerprint density at radius 2 is 2.42 bits per heavy atom. The maximum Gasteiger partial charge on any atom is 0.144 e. The molecule has 2 heterocycles. The predicted molar refractivity (Wildman–Crippen MR) is 75.6 cm³/mol. The van der Waals surface area contributed by atoms with Gasteiger partial charge >= 0.3 is 0 Å². The summed E-state index contributed by atoms with van der Waals surface area (Å²) >= 11 is 0. The Kier molecular flexibility index (Phi) is 4.89. The minimum Gasteiger partial charge on any atom is -0.300 e. The molecule has 1 aromatic heterocycles. The molecule has 0 aromatic carbocycles. The molecule has 1 unspecified atom stereocenters. The number of aromatic nitrogens is 1. The van der Waals surface area contributed by atoms with Crippen LogP contribution in [0.3, 0.4) is 0 Å². The van der Waals surface area contributed by atoms with Crippen molar-refractivity contribution >= 4 is 0 Å². The number of hydrogen-bond donors (Lipinski definition) is 0. The number of rotatable bonds is 5. The third kappa shape index (κ3) is 3.52. The minimum atomic E-state index is 0.549. The van der Waals surface area contributed by atoms with Crippen molar-refractivity contribution in [2.24, 2.45) is 0 Å². The van der Waals surface area contributed by atoms with Crippen molar-refractivity contribution in [3.63, 3.8) is 0 Å². The molecule has 1 aromatic rings. The van der Waals surface area contributed by atoms with Crippen LogP contribution in [0.25, 0.3) is 0 Å². The fraction of sp³-hybridized carbons (Fsp3) is 0.600. The Labute approximate surface area is 115 Å². The van der Waals surface area contributed by atoms with Crippen molar-refractivity contribution in [1.29, 1.82) is 5.26 Å². The summed E-state index contributed by atoms with van der Waals surface area (Å²) < 4.78 is 0. The van der Waals surface area contributed by atoms with Crippen molar-refractivity contribution in [2.75, 3.05) is 26.7 Å². The third-order valence-electron chi connectivity index (χ3n) is 3.87. The quantitative estimate of drug-likeness (QED) is 0.808. The highest BCUT2D eigenvalue weighted by atomic mass is 15.2. The van der Waals surface area contributed by atoms with Gasteiger partial charge in [-0.15, -0.1) is 0 Å². The van der Waals surface area contributed by atoms with Crippen LogP contribution in [-0.4, -0.2) is 47.5 Å². The molecular formula is C15H22N4. The van der Waals surface area contributed by atoms with Crippen molar-refractivity contribution in [3.05, 3.63) is 29.6 Å². The first-order chi connectivity index (χ1) is 9.24. The lowest BCUT2D eigenvalue weighted by atomic mass is 10.1. The Morgan fingerprint density at radius 3 is 3.16 bits per heavy atom. The summed E-state index contributed by atoms with van der Waals surface area (Å²) in [5.41, 5.74) is 1.57. The van der Waals surface area contributed by atoms with Gasteiger partial charge in [-0.25, -0.2) is 4.98 Å². The number of pyridine rings is 1. The molecule has 1 fully saturated rings. The molecule has 0 saturated carbocycles. The summed E-state index contributed by atoms with van der Waals surface area (Å²) in [5, 5.41) is 9.06. The summed E-state index contributed by atoms with van der Waals surface area (Å²) in [7, 11) is 2.13. The molecule has 2 rings (SSSR count). The van der Waals surface area contributed by atoms with E-state index in [9.17, 15) is 0 Å². The smallest absolute Gasteiger partial charge is 0.144 e. The first-order valence-electron chi connectivity index (χ1n) is 7.01. The maximum atomic E-state index is 9.06. The summed E-state index contributed by atoms with van der Waals surface area (Å²) in [6.45, 7) is 6.45. The van der Waals surface area contributed by atoms with Crippen LogP contribution in [0, 0.1) is 11.3 Å². The number of likely N-dealkylation sites (N-methyl/N-ethyl adjacent to an activating group) is 2. The second-order valence-electron chi connectivity index (χ2n) is 5.24. The van der Waals surface area contributed by atoms with E-state index in [1.165, 1.54) is 19.4 Å². The lowest BCUT2D eigenvalue weighted by Crippen LogP contribution is -2.38. The first kappa shape index (κ1) is 14.0. The fourth-order valence-corrected chi connectivity index (χ4v) is 2.90. The Bertz CT molecular complexity index is 452. The zero-order valence-corrected chi connectivity index (χ0v) is 11.8. The first-order valence-corrected chi connectivity index (χ1v) is 7.01. The molecule has 0 amide bonds. The normalized spacial score (nSPS) is 19.8. The molecule has 1 aliphatic rings. The van der Waals surface area contributed by atoms with E-state index in [0.29, 0.717) is 11.7 Å². The lowest BCUT2D eigenvalue weighted by molar-refractivity contribution is 0.194. The number of nitrogens with zero attached hydrogens (tertiary/aromatic N) is 4. The highest BCUT2D eigenvalue weighted by Gasteiger charge is 2.24. The van der Waals surface area contributed by atoms with Gasteiger partial charge in [0, 0.05) is 30.9 Å². The van der Waals surface area contributed by atoms with Crippen molar-refractivity contribution in [2.45, 2.75) is 32.4 Å². The van der Waals surface area contributed by atoms with E-state index >= 15 is 0 Å². The van der Waals surface area contributed by atoms with Gasteiger partial charge in [-0.05, 0) is 39.0 Å². The van der Waals surface area contributed by atoms with Gasteiger partial charge in [-0.3, -0.25) is 4.90 Å². The topological polar surface area (TPSA) is 43.2 Å². The molecule has 102 valence electrons. The Morgan fingerprint density at radius 1 is 1.58 bits per heavy atom. The van der Waals surface area contributed by atoms with Gasteiger partial charge in [0.1, 0.15) is 11.8 Å². The molecule has 0 bridgehead atoms. The molecule has 1 atom stereocenters. The third-order valence-corrected chi connectivity index (χ3v) is 3.87. The van der Waals surface area contributed by atoms with Crippen LogP contribution >= 0.6 is 0 Å². The number of hydrogen-bond acceptors (Lipinski definition) is 4. The van der Waals surface area contributed by atoms with E-state index in [4.69, 9.17) is 5.26 Å². The zero-order valence-electron chi connectivity index (χ0n) is 11.8. The van der Waals surface area contributed by atoms with Gasteiger partial charge < -0.3 is 4.90 Å². The van der Waals surface area contributed by atoms with Crippen LogP contribution in [0.4, 0.5) is 0 Å². The van der Waals surface area contributed by atoms with E-state index in [1.54, 1.807) is 6.20 Å². The highest BCUT2D eigenvalue weighted by Crippen LogP contribution is 2.18. The average molecular weight is 258 g/mol. The van der Waals surface area contributed by atoms with E-state index in [2.05, 4.69) is 34.8 Å². The lowest BCUT2D eigenvalue weighted by Gasteiger charge is -2.27. The molecule has 0 radical (unpaired) electrons. The van der Waals surface area contributed by atoms with Gasteiger partial charge in [0.05, 0.1) is 0 Å². The second-order valence-corrected chi connectivity index (χ2v) is 5.24. The van der Waals surface area contributed by atoms with Crippen molar-refractivity contribution in [3.8, 4) is 6.07 Å². The van der Waals surface area contributed by atoms with Crippen LogP contribution < -0.4 is 0 Å². The Balaban J connectivity index is 1.94. The molecule has 1 aliphatic heterocycles. The van der Waals surface area contributed by atoms with E-state index < -0.39 is 0 Å². The summed E-state index contributed by atoms with van der Waals surface area (Å²) in [6, 6.07) is 6.73. The van der Waals surface area contributed by atoms with E-state index in [-0.39, 0.29) is 0 Å². The largest absolute Gasteiger partial charge is 0.300 e. The number of nitriles is 1. The van der Waals surface area contributed by atoms with Crippen LogP contribution in [0.15, 0.2) is 18.3 Å². The molecule has 0 N–H and O–H groups in total. The highest BCUT2D eigenvalue weighted by molar-refractivity contribution is 5.30. The molecule has 19 heavy (non-hydrogen) atoms. The van der Waals surface area contributed by atoms with Crippen molar-refractivity contribution in [1.82, 2.24) is 14.8 Å². The SMILES string of the molecule is CCN1CCCC1CN(C)Cc1cccnc1C#N. The van der Waals surface area contributed by atoms with E-state index in [0.717, 1.165) is 25.2 Å². The molecule has 1 saturated heterocycles. The van der Waals surface area contributed by atoms with Crippen LogP contribution in [0.5, 0.6) is 0 Å². The molecule has 4 nitrogen and oxygen atoms in total. The van der Waals surface area contributed by atoms with Gasteiger partial charge in [0.2, 0.25) is 0 Å². The van der Waals surface area contributed by atoms with E-state index in [1.807, 2.05) is 12.1 Å². The molecule has 4 heteroatoms. The van der Waals surface area contributed by atoms with Crippen LogP contribution in [0.1, 0.15) is 31.0 Å². The molecular weight excluding hydrogens is 236 g/mol. The summed E-state index contributed by atoms with van der Waals surface area (Å²) in [4.78, 5) is 8.96. The molecule has 0 aliphatic carbocycles. The fourth-order valence-electron chi connectivity index (χ4n) is 2.90. The van der Waals surface area contributed by atoms with Gasteiger partial charge in [0.25, 0.3) is 0 Å². The molecule has 0 spiro atoms. The standard InChI is InChI=1S/C15H22N4/c1-3-19-9-5-7-14(19)12-18(2)11-13-6-4-8-17-15(13)10-16/h4,6,8,14H,3,5,7,9,11-12H2,1-2H3. The minimum absolute atomic E-state index is 0.549.